The van der Waals surface area contributed by atoms with Crippen molar-refractivity contribution in [3.05, 3.63) is 36.4 Å². The van der Waals surface area contributed by atoms with Gasteiger partial charge in [0.15, 0.2) is 0 Å². The summed E-state index contributed by atoms with van der Waals surface area (Å²) in [5.41, 5.74) is 0.951. The molecule has 0 N–H and O–H groups in total. The van der Waals surface area contributed by atoms with Gasteiger partial charge < -0.3 is 4.55 Å². The summed E-state index contributed by atoms with van der Waals surface area (Å²) in [5.74, 6) is 0. The third-order valence-electron chi connectivity index (χ3n) is 1.62. The molecule has 5 heteroatoms. The summed E-state index contributed by atoms with van der Waals surface area (Å²) >= 11 is 0. The first-order valence-electron chi connectivity index (χ1n) is 3.64. The fraction of sp³-hybridized carbons (Fsp3) is 0.111. The second kappa shape index (κ2) is 5.55. The monoisotopic (exact) mass is 236 g/mol. The molecule has 0 aromatic heterocycles. The van der Waals surface area contributed by atoms with Crippen molar-refractivity contribution < 1.29 is 64.4 Å². The molecule has 0 spiro atoms. The number of hydrogen-bond acceptors (Lipinski definition) is 3. The normalized spacial score (nSPS) is 10.4. The van der Waals surface area contributed by atoms with Gasteiger partial charge in [0.05, 0.1) is 4.90 Å². The Bertz CT molecular complexity index is 437. The maximum absolute atomic E-state index is 10.8. The van der Waals surface area contributed by atoms with Crippen LogP contribution in [0.1, 0.15) is 12.5 Å². The molecular weight excluding hydrogens is 227 g/mol. The molecule has 1 aromatic carbocycles. The molecule has 0 saturated carbocycles. The summed E-state index contributed by atoms with van der Waals surface area (Å²) in [6.45, 7) is 5.25. The van der Waals surface area contributed by atoms with Crippen LogP contribution in [-0.4, -0.2) is 13.0 Å². The molecule has 0 unspecified atom stereocenters. The smallest absolute Gasteiger partial charge is 0.744 e. The van der Waals surface area contributed by atoms with E-state index in [-0.39, 0.29) is 56.3 Å². The molecule has 0 amide bonds. The first-order valence-corrected chi connectivity index (χ1v) is 5.04. The van der Waals surface area contributed by atoms with E-state index in [1.165, 1.54) is 12.1 Å². The van der Waals surface area contributed by atoms with Crippen LogP contribution in [0.15, 0.2) is 35.7 Å². The molecule has 0 aliphatic heterocycles. The number of rotatable bonds is 2. The Kier molecular flexibility index (Phi) is 5.75. The van der Waals surface area contributed by atoms with Gasteiger partial charge in [-0.2, -0.15) is 0 Å². The first kappa shape index (κ1) is 14.5. The van der Waals surface area contributed by atoms with Crippen LogP contribution >= 0.6 is 0 Å². The van der Waals surface area contributed by atoms with Crippen molar-refractivity contribution >= 4 is 15.7 Å². The largest absolute Gasteiger partial charge is 1.00 e. The van der Waals surface area contributed by atoms with Gasteiger partial charge in [-0.05, 0) is 24.1 Å². The minimum Gasteiger partial charge on any atom is -0.744 e. The van der Waals surface area contributed by atoms with E-state index in [0.717, 1.165) is 0 Å². The minimum absolute atomic E-state index is 0. The average molecular weight is 236 g/mol. The standard InChI is InChI=1S/C9H10O3S.K/c1-7(2)8-5-3-4-6-9(8)13(10,11)12;/h3-6H,1H2,2H3,(H,10,11,12);/q;+1/p-1. The van der Waals surface area contributed by atoms with E-state index >= 15 is 0 Å². The van der Waals surface area contributed by atoms with Crippen molar-refractivity contribution in [2.75, 3.05) is 0 Å². The van der Waals surface area contributed by atoms with Crippen molar-refractivity contribution in [3.63, 3.8) is 0 Å². The van der Waals surface area contributed by atoms with Crippen LogP contribution < -0.4 is 51.4 Å². The first-order chi connectivity index (χ1) is 5.93. The van der Waals surface area contributed by atoms with Crippen molar-refractivity contribution in [1.82, 2.24) is 0 Å². The zero-order valence-electron chi connectivity index (χ0n) is 8.15. The van der Waals surface area contributed by atoms with Crippen molar-refractivity contribution in [1.29, 1.82) is 0 Å². The zero-order chi connectivity index (χ0) is 10.1. The summed E-state index contributed by atoms with van der Waals surface area (Å²) in [7, 11) is -4.39. The molecule has 0 atom stereocenters. The summed E-state index contributed by atoms with van der Waals surface area (Å²) in [5, 5.41) is 0. The zero-order valence-corrected chi connectivity index (χ0v) is 12.1. The fourth-order valence-corrected chi connectivity index (χ4v) is 1.79. The van der Waals surface area contributed by atoms with Gasteiger partial charge in [-0.3, -0.25) is 0 Å². The summed E-state index contributed by atoms with van der Waals surface area (Å²) < 4.78 is 32.3. The molecule has 0 heterocycles. The van der Waals surface area contributed by atoms with E-state index in [2.05, 4.69) is 6.58 Å². The third-order valence-corrected chi connectivity index (χ3v) is 2.51. The molecule has 0 bridgehead atoms. The van der Waals surface area contributed by atoms with Crippen LogP contribution in [-0.2, 0) is 10.1 Å². The van der Waals surface area contributed by atoms with Crippen LogP contribution in [0.4, 0.5) is 0 Å². The second-order valence-electron chi connectivity index (χ2n) is 2.73. The Balaban J connectivity index is 0.00000169. The average Bonchev–Trinajstić information content (AvgIpc) is 2.03. The van der Waals surface area contributed by atoms with E-state index in [1.807, 2.05) is 0 Å². The van der Waals surface area contributed by atoms with Crippen LogP contribution in [0.25, 0.3) is 5.57 Å². The SMILES string of the molecule is C=C(C)c1ccccc1S(=O)(=O)[O-].[K+]. The van der Waals surface area contributed by atoms with Gasteiger partial charge in [-0.1, -0.05) is 24.8 Å². The van der Waals surface area contributed by atoms with E-state index < -0.39 is 10.1 Å². The summed E-state index contributed by atoms with van der Waals surface area (Å²) in [6.07, 6.45) is 0. The van der Waals surface area contributed by atoms with E-state index in [0.29, 0.717) is 11.1 Å². The van der Waals surface area contributed by atoms with Gasteiger partial charge in [0, 0.05) is 0 Å². The number of benzene rings is 1. The summed E-state index contributed by atoms with van der Waals surface area (Å²) in [4.78, 5) is -0.206. The molecule has 3 nitrogen and oxygen atoms in total. The Morgan fingerprint density at radius 3 is 2.21 bits per heavy atom. The van der Waals surface area contributed by atoms with Gasteiger partial charge in [-0.25, -0.2) is 8.42 Å². The maximum atomic E-state index is 10.8. The molecular formula is C9H9KO3S. The van der Waals surface area contributed by atoms with E-state index in [4.69, 9.17) is 0 Å². The number of hydrogen-bond donors (Lipinski definition) is 0. The molecule has 0 fully saturated rings. The number of allylic oxidation sites excluding steroid dienone is 1. The van der Waals surface area contributed by atoms with Crippen molar-refractivity contribution in [3.8, 4) is 0 Å². The maximum Gasteiger partial charge on any atom is 1.00 e. The molecule has 0 saturated heterocycles. The van der Waals surface area contributed by atoms with Crippen molar-refractivity contribution in [2.45, 2.75) is 11.8 Å². The molecule has 0 radical (unpaired) electrons. The van der Waals surface area contributed by atoms with Crippen LogP contribution in [0.2, 0.25) is 0 Å². The van der Waals surface area contributed by atoms with Gasteiger partial charge in [0.25, 0.3) is 0 Å². The molecule has 14 heavy (non-hydrogen) atoms. The Labute approximate surface area is 126 Å². The van der Waals surface area contributed by atoms with Crippen LogP contribution in [0.5, 0.6) is 0 Å². The third kappa shape index (κ3) is 3.58. The van der Waals surface area contributed by atoms with Crippen LogP contribution in [0, 0.1) is 0 Å². The molecule has 1 rings (SSSR count). The van der Waals surface area contributed by atoms with Crippen LogP contribution in [0.3, 0.4) is 0 Å². The predicted molar refractivity (Wildman–Crippen MR) is 49.1 cm³/mol. The van der Waals surface area contributed by atoms with Gasteiger partial charge in [0.2, 0.25) is 0 Å². The summed E-state index contributed by atoms with van der Waals surface area (Å²) in [6, 6.07) is 6.02. The molecule has 70 valence electrons. The predicted octanol–water partition coefficient (Wildman–Crippen LogP) is -1.37. The Morgan fingerprint density at radius 1 is 1.36 bits per heavy atom. The second-order valence-corrected chi connectivity index (χ2v) is 4.08. The molecule has 0 aliphatic carbocycles. The fourth-order valence-electron chi connectivity index (χ4n) is 1.04. The molecule has 1 aromatic rings. The van der Waals surface area contributed by atoms with Gasteiger partial charge in [-0.15, -0.1) is 0 Å². The quantitative estimate of drug-likeness (QED) is 0.470. The van der Waals surface area contributed by atoms with Gasteiger partial charge >= 0.3 is 51.4 Å². The van der Waals surface area contributed by atoms with Crippen molar-refractivity contribution in [2.24, 2.45) is 0 Å². The Morgan fingerprint density at radius 2 is 1.86 bits per heavy atom. The Hall–Kier alpha value is 0.506. The van der Waals surface area contributed by atoms with Gasteiger partial charge in [0.1, 0.15) is 10.1 Å². The van der Waals surface area contributed by atoms with E-state index in [1.54, 1.807) is 19.1 Å². The van der Waals surface area contributed by atoms with E-state index in [9.17, 15) is 13.0 Å². The molecule has 0 aliphatic rings. The topological polar surface area (TPSA) is 57.2 Å². The minimum atomic E-state index is -4.39.